The van der Waals surface area contributed by atoms with Gasteiger partial charge in [-0.15, -0.1) is 0 Å². The van der Waals surface area contributed by atoms with E-state index in [2.05, 4.69) is 5.32 Å². The van der Waals surface area contributed by atoms with Gasteiger partial charge in [-0.3, -0.25) is 19.7 Å². The summed E-state index contributed by atoms with van der Waals surface area (Å²) >= 11 is 0. The molecule has 3 aromatic rings. The van der Waals surface area contributed by atoms with Crippen molar-refractivity contribution in [1.82, 2.24) is 0 Å². The third-order valence-electron chi connectivity index (χ3n) is 3.88. The molecule has 0 aliphatic heterocycles. The summed E-state index contributed by atoms with van der Waals surface area (Å²) in [5.41, 5.74) is 1.50. The minimum absolute atomic E-state index is 0.0561. The largest absolute Gasteiger partial charge is 0.484 e. The summed E-state index contributed by atoms with van der Waals surface area (Å²) in [5, 5.41) is 13.2. The number of nitro groups is 1. The fourth-order valence-electron chi connectivity index (χ4n) is 2.47. The van der Waals surface area contributed by atoms with Gasteiger partial charge in [-0.1, -0.05) is 30.3 Å². The second-order valence-corrected chi connectivity index (χ2v) is 5.86. The zero-order chi connectivity index (χ0) is 19.9. The fraction of sp³-hybridized carbons (Fsp3) is 0.0476. The molecule has 0 fully saturated rings. The molecule has 0 saturated heterocycles. The quantitative estimate of drug-likeness (QED) is 0.384. The molecule has 1 N–H and O–H groups in total. The van der Waals surface area contributed by atoms with Crippen LogP contribution in [0, 0.1) is 10.1 Å². The summed E-state index contributed by atoms with van der Waals surface area (Å²) < 4.78 is 5.41. The van der Waals surface area contributed by atoms with Crippen molar-refractivity contribution in [2.45, 2.75) is 0 Å². The van der Waals surface area contributed by atoms with Crippen molar-refractivity contribution in [1.29, 1.82) is 0 Å². The molecule has 0 unspecified atom stereocenters. The van der Waals surface area contributed by atoms with E-state index in [9.17, 15) is 19.7 Å². The van der Waals surface area contributed by atoms with Gasteiger partial charge in [-0.05, 0) is 36.4 Å². The predicted molar refractivity (Wildman–Crippen MR) is 104 cm³/mol. The van der Waals surface area contributed by atoms with Crippen LogP contribution in [0.5, 0.6) is 5.75 Å². The number of nitrogens with one attached hydrogen (secondary N) is 1. The third-order valence-corrected chi connectivity index (χ3v) is 3.88. The van der Waals surface area contributed by atoms with Gasteiger partial charge in [-0.2, -0.15) is 0 Å². The van der Waals surface area contributed by atoms with Gasteiger partial charge in [0.1, 0.15) is 5.75 Å². The Labute approximate surface area is 160 Å². The number of hydrogen-bond acceptors (Lipinski definition) is 5. The van der Waals surface area contributed by atoms with Crippen LogP contribution < -0.4 is 10.1 Å². The fourth-order valence-corrected chi connectivity index (χ4v) is 2.47. The Morgan fingerprint density at radius 1 is 0.857 bits per heavy atom. The van der Waals surface area contributed by atoms with Crippen molar-refractivity contribution in [3.8, 4) is 5.75 Å². The van der Waals surface area contributed by atoms with Crippen molar-refractivity contribution in [2.75, 3.05) is 11.9 Å². The molecule has 0 spiro atoms. The van der Waals surface area contributed by atoms with E-state index in [0.29, 0.717) is 22.6 Å². The molecule has 0 saturated carbocycles. The Morgan fingerprint density at radius 2 is 1.46 bits per heavy atom. The van der Waals surface area contributed by atoms with Gasteiger partial charge in [0, 0.05) is 28.9 Å². The summed E-state index contributed by atoms with van der Waals surface area (Å²) in [4.78, 5) is 34.4. The van der Waals surface area contributed by atoms with Gasteiger partial charge >= 0.3 is 0 Å². The molecule has 0 aliphatic rings. The summed E-state index contributed by atoms with van der Waals surface area (Å²) in [5.74, 6) is -0.0511. The van der Waals surface area contributed by atoms with Crippen LogP contribution in [0.15, 0.2) is 78.9 Å². The number of hydrogen-bond donors (Lipinski definition) is 1. The lowest BCUT2D eigenvalue weighted by Crippen LogP contribution is -2.20. The number of non-ortho nitro benzene ring substituents is 1. The molecular formula is C21H16N2O5. The number of carbonyl (C=O) groups excluding carboxylic acids is 2. The number of rotatable bonds is 7. The summed E-state index contributed by atoms with van der Waals surface area (Å²) in [6, 6.07) is 20.9. The normalized spacial score (nSPS) is 10.1. The highest BCUT2D eigenvalue weighted by Gasteiger charge is 2.10. The van der Waals surface area contributed by atoms with E-state index in [0.717, 1.165) is 0 Å². The van der Waals surface area contributed by atoms with Crippen LogP contribution in [0.1, 0.15) is 15.9 Å². The van der Waals surface area contributed by atoms with E-state index >= 15 is 0 Å². The molecule has 0 heterocycles. The first-order chi connectivity index (χ1) is 13.5. The molecule has 1 amide bonds. The second-order valence-electron chi connectivity index (χ2n) is 5.86. The summed E-state index contributed by atoms with van der Waals surface area (Å²) in [7, 11) is 0. The number of nitro benzene ring substituents is 1. The first-order valence-corrected chi connectivity index (χ1v) is 8.40. The highest BCUT2D eigenvalue weighted by molar-refractivity contribution is 6.09. The van der Waals surface area contributed by atoms with E-state index in [1.807, 2.05) is 6.07 Å². The molecule has 7 nitrogen and oxygen atoms in total. The maximum atomic E-state index is 12.3. The zero-order valence-electron chi connectivity index (χ0n) is 14.7. The van der Waals surface area contributed by atoms with E-state index in [-0.39, 0.29) is 18.1 Å². The Hall–Kier alpha value is -4.00. The minimum atomic E-state index is -0.513. The smallest absolute Gasteiger partial charge is 0.269 e. The molecule has 140 valence electrons. The highest BCUT2D eigenvalue weighted by Crippen LogP contribution is 2.17. The van der Waals surface area contributed by atoms with Crippen molar-refractivity contribution in [3.05, 3.63) is 100 Å². The third kappa shape index (κ3) is 4.79. The van der Waals surface area contributed by atoms with E-state index in [1.54, 1.807) is 48.5 Å². The van der Waals surface area contributed by atoms with Gasteiger partial charge in [0.2, 0.25) is 0 Å². The van der Waals surface area contributed by atoms with Gasteiger partial charge < -0.3 is 10.1 Å². The molecule has 0 aromatic heterocycles. The average Bonchev–Trinajstić information content (AvgIpc) is 2.73. The maximum absolute atomic E-state index is 12.3. The molecule has 0 radical (unpaired) electrons. The van der Waals surface area contributed by atoms with Gasteiger partial charge in [0.05, 0.1) is 4.92 Å². The van der Waals surface area contributed by atoms with E-state index in [1.165, 1.54) is 24.3 Å². The van der Waals surface area contributed by atoms with Gasteiger partial charge in [0.25, 0.3) is 11.6 Å². The van der Waals surface area contributed by atoms with Crippen LogP contribution >= 0.6 is 0 Å². The first-order valence-electron chi connectivity index (χ1n) is 8.40. The molecular weight excluding hydrogens is 360 g/mol. The first kappa shape index (κ1) is 18.8. The van der Waals surface area contributed by atoms with Gasteiger partial charge in [0.15, 0.2) is 12.4 Å². The lowest BCUT2D eigenvalue weighted by molar-refractivity contribution is -0.384. The monoisotopic (exact) mass is 376 g/mol. The lowest BCUT2D eigenvalue weighted by atomic mass is 10.0. The lowest BCUT2D eigenvalue weighted by Gasteiger charge is -2.08. The molecule has 0 bridgehead atoms. The molecule has 28 heavy (non-hydrogen) atoms. The van der Waals surface area contributed by atoms with E-state index < -0.39 is 10.8 Å². The Kier molecular flexibility index (Phi) is 5.76. The summed E-state index contributed by atoms with van der Waals surface area (Å²) in [6.07, 6.45) is 0. The average molecular weight is 376 g/mol. The van der Waals surface area contributed by atoms with Crippen LogP contribution in [0.3, 0.4) is 0 Å². The number of anilines is 1. The number of nitrogens with zero attached hydrogens (tertiary/aromatic N) is 1. The number of carbonyl (C=O) groups is 2. The van der Waals surface area contributed by atoms with Crippen molar-refractivity contribution in [3.63, 3.8) is 0 Å². The Balaban J connectivity index is 1.53. The topological polar surface area (TPSA) is 98.5 Å². The second kappa shape index (κ2) is 8.59. The summed E-state index contributed by atoms with van der Waals surface area (Å²) in [6.45, 7) is -0.233. The van der Waals surface area contributed by atoms with Crippen LogP contribution in [-0.4, -0.2) is 23.2 Å². The SMILES string of the molecule is O=C(COc1ccc(C(=O)c2ccccc2)cc1)Nc1ccc([N+](=O)[O-])cc1. The molecule has 0 aliphatic carbocycles. The minimum Gasteiger partial charge on any atom is -0.484 e. The van der Waals surface area contributed by atoms with Crippen LogP contribution in [0.4, 0.5) is 11.4 Å². The molecule has 3 aromatic carbocycles. The highest BCUT2D eigenvalue weighted by atomic mass is 16.6. The molecule has 7 heteroatoms. The molecule has 0 atom stereocenters. The van der Waals surface area contributed by atoms with Crippen LogP contribution in [0.2, 0.25) is 0 Å². The predicted octanol–water partition coefficient (Wildman–Crippen LogP) is 3.84. The maximum Gasteiger partial charge on any atom is 0.269 e. The Morgan fingerprint density at radius 3 is 2.07 bits per heavy atom. The van der Waals surface area contributed by atoms with Crippen molar-refractivity contribution >= 4 is 23.1 Å². The van der Waals surface area contributed by atoms with Crippen molar-refractivity contribution < 1.29 is 19.2 Å². The van der Waals surface area contributed by atoms with Crippen LogP contribution in [-0.2, 0) is 4.79 Å². The van der Waals surface area contributed by atoms with Crippen LogP contribution in [0.25, 0.3) is 0 Å². The van der Waals surface area contributed by atoms with E-state index in [4.69, 9.17) is 4.74 Å². The zero-order valence-corrected chi connectivity index (χ0v) is 14.7. The number of ketones is 1. The Bertz CT molecular complexity index is 984. The van der Waals surface area contributed by atoms with Crippen molar-refractivity contribution in [2.24, 2.45) is 0 Å². The number of benzene rings is 3. The molecule has 3 rings (SSSR count). The van der Waals surface area contributed by atoms with Gasteiger partial charge in [-0.25, -0.2) is 0 Å². The standard InChI is InChI=1S/C21H16N2O5/c24-20(22-17-8-10-18(11-9-17)23(26)27)14-28-19-12-6-16(7-13-19)21(25)15-4-2-1-3-5-15/h1-13H,14H2,(H,22,24). The number of amides is 1. The number of ether oxygens (including phenoxy) is 1.